The Bertz CT molecular complexity index is 1260. The number of aryl methyl sites for hydroxylation is 1. The molecule has 148 valence electrons. The minimum Gasteiger partial charge on any atom is -0.497 e. The number of thiazole rings is 1. The average Bonchev–Trinajstić information content (AvgIpc) is 3.13. The van der Waals surface area contributed by atoms with Gasteiger partial charge in [-0.25, -0.2) is 4.98 Å². The van der Waals surface area contributed by atoms with E-state index in [2.05, 4.69) is 10.3 Å². The smallest absolute Gasteiger partial charge is 0.264 e. The average molecular weight is 409 g/mol. The summed E-state index contributed by atoms with van der Waals surface area (Å²) in [6, 6.07) is 14.4. The summed E-state index contributed by atoms with van der Waals surface area (Å²) in [7, 11) is 1.60. The summed E-state index contributed by atoms with van der Waals surface area (Å²) in [5, 5.41) is 4.01. The molecule has 0 saturated carbocycles. The van der Waals surface area contributed by atoms with Crippen LogP contribution in [0.1, 0.15) is 6.92 Å². The summed E-state index contributed by atoms with van der Waals surface area (Å²) < 4.78 is 13.5. The van der Waals surface area contributed by atoms with Crippen LogP contribution in [0.5, 0.6) is 11.5 Å². The maximum Gasteiger partial charge on any atom is 0.264 e. The van der Waals surface area contributed by atoms with Gasteiger partial charge in [0.25, 0.3) is 11.5 Å². The largest absolute Gasteiger partial charge is 0.497 e. The Hall–Kier alpha value is -3.39. The number of pyridine rings is 1. The van der Waals surface area contributed by atoms with E-state index in [9.17, 15) is 9.59 Å². The molecule has 4 rings (SSSR count). The molecule has 0 unspecified atom stereocenters. The minimum atomic E-state index is -0.347. The number of fused-ring (bicyclic) bond motifs is 2. The van der Waals surface area contributed by atoms with Gasteiger partial charge in [0.1, 0.15) is 11.5 Å². The molecule has 1 N–H and O–H groups in total. The van der Waals surface area contributed by atoms with Crippen molar-refractivity contribution in [3.05, 3.63) is 58.9 Å². The Morgan fingerprint density at radius 2 is 2.03 bits per heavy atom. The summed E-state index contributed by atoms with van der Waals surface area (Å²) in [4.78, 5) is 29.1. The normalized spacial score (nSPS) is 11.0. The molecular weight excluding hydrogens is 390 g/mol. The molecule has 0 atom stereocenters. The molecule has 8 heteroatoms. The first-order valence-corrected chi connectivity index (χ1v) is 9.90. The summed E-state index contributed by atoms with van der Waals surface area (Å²) in [5.41, 5.74) is 1.39. The number of hydrogen-bond donors (Lipinski definition) is 1. The standard InChI is InChI=1S/C21H19N3O4S/c1-3-24-16-7-5-4-6-14(16)17(11-20(24)26)28-12-19(25)23-21-22-15-9-8-13(27-2)10-18(15)29-21/h4-11H,3,12H2,1-2H3,(H,22,23,25). The number of hydrogen-bond acceptors (Lipinski definition) is 6. The quantitative estimate of drug-likeness (QED) is 0.526. The zero-order valence-electron chi connectivity index (χ0n) is 16.0. The van der Waals surface area contributed by atoms with E-state index >= 15 is 0 Å². The fourth-order valence-electron chi connectivity index (χ4n) is 3.13. The van der Waals surface area contributed by atoms with Crippen molar-refractivity contribution in [3.63, 3.8) is 0 Å². The monoisotopic (exact) mass is 409 g/mol. The second-order valence-corrected chi connectivity index (χ2v) is 7.33. The highest BCUT2D eigenvalue weighted by Crippen LogP contribution is 2.29. The first kappa shape index (κ1) is 18.9. The van der Waals surface area contributed by atoms with Crippen LogP contribution in [0.2, 0.25) is 0 Å². The highest BCUT2D eigenvalue weighted by atomic mass is 32.1. The van der Waals surface area contributed by atoms with Crippen LogP contribution in [0, 0.1) is 0 Å². The van der Waals surface area contributed by atoms with Gasteiger partial charge in [0.15, 0.2) is 11.7 Å². The number of ether oxygens (including phenoxy) is 2. The predicted octanol–water partition coefficient (Wildman–Crippen LogP) is 3.66. The first-order chi connectivity index (χ1) is 14.1. The molecule has 0 aliphatic carbocycles. The zero-order valence-corrected chi connectivity index (χ0v) is 16.8. The van der Waals surface area contributed by atoms with Crippen molar-refractivity contribution in [1.29, 1.82) is 0 Å². The molecule has 2 heterocycles. The van der Waals surface area contributed by atoms with E-state index in [1.54, 1.807) is 11.7 Å². The van der Waals surface area contributed by atoms with Crippen LogP contribution in [-0.4, -0.2) is 29.2 Å². The Kier molecular flexibility index (Phi) is 5.18. The van der Waals surface area contributed by atoms with E-state index in [0.717, 1.165) is 26.9 Å². The van der Waals surface area contributed by atoms with Crippen LogP contribution in [0.4, 0.5) is 5.13 Å². The molecule has 0 saturated heterocycles. The van der Waals surface area contributed by atoms with E-state index in [4.69, 9.17) is 9.47 Å². The molecular formula is C21H19N3O4S. The van der Waals surface area contributed by atoms with Crippen LogP contribution < -0.4 is 20.3 Å². The third-order valence-electron chi connectivity index (χ3n) is 4.50. The molecule has 0 spiro atoms. The fourth-order valence-corrected chi connectivity index (χ4v) is 4.04. The van der Waals surface area contributed by atoms with E-state index < -0.39 is 0 Å². The van der Waals surface area contributed by atoms with Crippen molar-refractivity contribution in [1.82, 2.24) is 9.55 Å². The summed E-state index contributed by atoms with van der Waals surface area (Å²) in [5.74, 6) is 0.773. The number of nitrogens with one attached hydrogen (secondary N) is 1. The number of anilines is 1. The van der Waals surface area contributed by atoms with Crippen molar-refractivity contribution in [2.75, 3.05) is 19.0 Å². The maximum absolute atomic E-state index is 12.4. The number of amides is 1. The van der Waals surface area contributed by atoms with Crippen molar-refractivity contribution in [2.45, 2.75) is 13.5 Å². The van der Waals surface area contributed by atoms with E-state index in [1.807, 2.05) is 49.4 Å². The number of para-hydroxylation sites is 1. The number of carbonyl (C=O) groups is 1. The number of nitrogens with zero attached hydrogens (tertiary/aromatic N) is 2. The van der Waals surface area contributed by atoms with Crippen molar-refractivity contribution in [3.8, 4) is 11.5 Å². The van der Waals surface area contributed by atoms with E-state index in [0.29, 0.717) is 17.4 Å². The van der Waals surface area contributed by atoms with Gasteiger partial charge in [-0.2, -0.15) is 0 Å². The zero-order chi connectivity index (χ0) is 20.4. The molecule has 7 nitrogen and oxygen atoms in total. The Labute approximate surface area is 170 Å². The van der Waals surface area contributed by atoms with Gasteiger partial charge in [-0.15, -0.1) is 0 Å². The lowest BCUT2D eigenvalue weighted by Crippen LogP contribution is -2.22. The van der Waals surface area contributed by atoms with Crippen molar-refractivity contribution >= 4 is 43.5 Å². The fraction of sp³-hybridized carbons (Fsp3) is 0.190. The molecule has 0 bridgehead atoms. The highest BCUT2D eigenvalue weighted by Gasteiger charge is 2.12. The third-order valence-corrected chi connectivity index (χ3v) is 5.43. The molecule has 29 heavy (non-hydrogen) atoms. The molecule has 0 fully saturated rings. The van der Waals surface area contributed by atoms with Gasteiger partial charge in [0, 0.05) is 18.0 Å². The number of aromatic nitrogens is 2. The molecule has 2 aromatic heterocycles. The van der Waals surface area contributed by atoms with Crippen LogP contribution >= 0.6 is 11.3 Å². The summed E-state index contributed by atoms with van der Waals surface area (Å²) in [6.45, 7) is 2.25. The van der Waals surface area contributed by atoms with Gasteiger partial charge in [-0.05, 0) is 37.3 Å². The highest BCUT2D eigenvalue weighted by molar-refractivity contribution is 7.22. The van der Waals surface area contributed by atoms with E-state index in [-0.39, 0.29) is 18.1 Å². The third kappa shape index (κ3) is 3.79. The lowest BCUT2D eigenvalue weighted by atomic mass is 10.2. The van der Waals surface area contributed by atoms with Gasteiger partial charge in [0.2, 0.25) is 0 Å². The molecule has 2 aromatic carbocycles. The Morgan fingerprint density at radius 3 is 2.83 bits per heavy atom. The van der Waals surface area contributed by atoms with Crippen LogP contribution in [-0.2, 0) is 11.3 Å². The minimum absolute atomic E-state index is 0.165. The van der Waals surface area contributed by atoms with Crippen molar-refractivity contribution < 1.29 is 14.3 Å². The van der Waals surface area contributed by atoms with Crippen LogP contribution in [0.25, 0.3) is 21.1 Å². The van der Waals surface area contributed by atoms with Gasteiger partial charge in [-0.3, -0.25) is 14.9 Å². The number of rotatable bonds is 6. The topological polar surface area (TPSA) is 82.5 Å². The van der Waals surface area contributed by atoms with Gasteiger partial charge in [0.05, 0.1) is 22.8 Å². The SMILES string of the molecule is CCn1c(=O)cc(OCC(=O)Nc2nc3ccc(OC)cc3s2)c2ccccc21. The number of methoxy groups -OCH3 is 1. The Morgan fingerprint density at radius 1 is 1.21 bits per heavy atom. The predicted molar refractivity (Wildman–Crippen MR) is 114 cm³/mol. The lowest BCUT2D eigenvalue weighted by Gasteiger charge is -2.12. The first-order valence-electron chi connectivity index (χ1n) is 9.09. The summed E-state index contributed by atoms with van der Waals surface area (Å²) in [6.07, 6.45) is 0. The molecule has 0 radical (unpaired) electrons. The van der Waals surface area contributed by atoms with Gasteiger partial charge in [-0.1, -0.05) is 23.5 Å². The maximum atomic E-state index is 12.4. The summed E-state index contributed by atoms with van der Waals surface area (Å²) >= 11 is 1.35. The molecule has 4 aromatic rings. The molecule has 0 aliphatic heterocycles. The van der Waals surface area contributed by atoms with E-state index in [1.165, 1.54) is 17.4 Å². The van der Waals surface area contributed by atoms with Crippen molar-refractivity contribution in [2.24, 2.45) is 0 Å². The van der Waals surface area contributed by atoms with Crippen LogP contribution in [0.3, 0.4) is 0 Å². The Balaban J connectivity index is 1.51. The van der Waals surface area contributed by atoms with Gasteiger partial charge >= 0.3 is 0 Å². The second kappa shape index (κ2) is 7.92. The number of benzene rings is 2. The number of carbonyl (C=O) groups excluding carboxylic acids is 1. The lowest BCUT2D eigenvalue weighted by molar-refractivity contribution is -0.118. The van der Waals surface area contributed by atoms with Gasteiger partial charge < -0.3 is 14.0 Å². The van der Waals surface area contributed by atoms with Crippen LogP contribution in [0.15, 0.2) is 53.3 Å². The molecule has 0 aliphatic rings. The molecule has 1 amide bonds. The second-order valence-electron chi connectivity index (χ2n) is 6.30.